The fraction of sp³-hybridized carbons (Fsp3) is 0.464. The van der Waals surface area contributed by atoms with Crippen molar-refractivity contribution in [3.8, 4) is 11.1 Å². The first kappa shape index (κ1) is 27.2. The Morgan fingerprint density at radius 2 is 1.69 bits per heavy atom. The molecule has 3 rings (SSSR count). The molecular weight excluding hydrogens is 458 g/mol. The minimum absolute atomic E-state index is 0.0677. The summed E-state index contributed by atoms with van der Waals surface area (Å²) in [6, 6.07) is 15.4. The van der Waals surface area contributed by atoms with Crippen molar-refractivity contribution in [2.45, 2.75) is 45.8 Å². The molecule has 0 radical (unpaired) electrons. The van der Waals surface area contributed by atoms with Gasteiger partial charge in [0, 0.05) is 38.9 Å². The van der Waals surface area contributed by atoms with Crippen molar-refractivity contribution in [3.63, 3.8) is 0 Å². The zero-order valence-corrected chi connectivity index (χ0v) is 21.6. The van der Waals surface area contributed by atoms with Crippen molar-refractivity contribution in [1.82, 2.24) is 15.5 Å². The monoisotopic (exact) mass is 495 g/mol. The molecule has 1 aliphatic rings. The molecule has 0 aliphatic carbocycles. The molecule has 0 unspecified atom stereocenters. The first-order valence-corrected chi connectivity index (χ1v) is 12.4. The van der Waals surface area contributed by atoms with Crippen LogP contribution in [0.3, 0.4) is 0 Å². The third kappa shape index (κ3) is 8.68. The molecule has 1 saturated heterocycles. The average Bonchev–Trinajstić information content (AvgIpc) is 2.85. The van der Waals surface area contributed by atoms with Gasteiger partial charge in [0.15, 0.2) is 0 Å². The fourth-order valence-corrected chi connectivity index (χ4v) is 3.91. The molecule has 0 atom stereocenters. The van der Waals surface area contributed by atoms with Crippen LogP contribution < -0.4 is 10.6 Å². The maximum absolute atomic E-state index is 12.5. The van der Waals surface area contributed by atoms with Gasteiger partial charge >= 0.3 is 6.09 Å². The molecule has 0 aromatic heterocycles. The Bertz CT molecular complexity index is 1040. The second-order valence-electron chi connectivity index (χ2n) is 10.1. The molecule has 0 saturated carbocycles. The van der Waals surface area contributed by atoms with Crippen molar-refractivity contribution in [3.05, 3.63) is 59.7 Å². The highest BCUT2D eigenvalue weighted by atomic mass is 16.6. The zero-order valence-electron chi connectivity index (χ0n) is 21.6. The smallest absolute Gasteiger partial charge is 0.408 e. The van der Waals surface area contributed by atoms with Gasteiger partial charge in [-0.25, -0.2) is 4.79 Å². The Morgan fingerprint density at radius 3 is 2.36 bits per heavy atom. The van der Waals surface area contributed by atoms with Crippen LogP contribution in [0.1, 0.15) is 49.5 Å². The number of nitrogens with one attached hydrogen (secondary N) is 2. The lowest BCUT2D eigenvalue weighted by atomic mass is 10.00. The van der Waals surface area contributed by atoms with E-state index in [9.17, 15) is 14.4 Å². The number of rotatable bonds is 8. The van der Waals surface area contributed by atoms with Crippen molar-refractivity contribution in [2.75, 3.05) is 33.4 Å². The second-order valence-corrected chi connectivity index (χ2v) is 10.1. The Balaban J connectivity index is 1.53. The van der Waals surface area contributed by atoms with Gasteiger partial charge in [-0.1, -0.05) is 30.3 Å². The molecule has 2 N–H and O–H groups in total. The second kappa shape index (κ2) is 12.5. The van der Waals surface area contributed by atoms with E-state index in [2.05, 4.69) is 10.6 Å². The van der Waals surface area contributed by atoms with Crippen LogP contribution in [0, 0.1) is 5.92 Å². The van der Waals surface area contributed by atoms with Crippen molar-refractivity contribution < 1.29 is 23.9 Å². The number of ether oxygens (including phenoxy) is 2. The van der Waals surface area contributed by atoms with Gasteiger partial charge in [-0.05, 0) is 74.4 Å². The third-order valence-electron chi connectivity index (χ3n) is 5.93. The van der Waals surface area contributed by atoms with E-state index >= 15 is 0 Å². The molecule has 8 heteroatoms. The number of amides is 3. The van der Waals surface area contributed by atoms with Crippen molar-refractivity contribution >= 4 is 17.9 Å². The maximum atomic E-state index is 12.5. The quantitative estimate of drug-likeness (QED) is 0.577. The lowest BCUT2D eigenvalue weighted by Gasteiger charge is -2.22. The van der Waals surface area contributed by atoms with E-state index in [-0.39, 0.29) is 18.4 Å². The summed E-state index contributed by atoms with van der Waals surface area (Å²) in [6.45, 7) is 7.77. The van der Waals surface area contributed by atoms with E-state index < -0.39 is 11.7 Å². The van der Waals surface area contributed by atoms with Crippen LogP contribution in [0.4, 0.5) is 4.79 Å². The molecule has 2 aromatic carbocycles. The number of hydrogen-bond acceptors (Lipinski definition) is 5. The molecule has 2 aromatic rings. The fourth-order valence-electron chi connectivity index (χ4n) is 3.91. The summed E-state index contributed by atoms with van der Waals surface area (Å²) in [5.41, 5.74) is 2.95. The Morgan fingerprint density at radius 1 is 1.00 bits per heavy atom. The van der Waals surface area contributed by atoms with Crippen LogP contribution in [0.15, 0.2) is 48.5 Å². The molecule has 1 fully saturated rings. The Labute approximate surface area is 213 Å². The van der Waals surface area contributed by atoms with E-state index in [1.54, 1.807) is 32.7 Å². The topological polar surface area (TPSA) is 97.0 Å². The zero-order chi connectivity index (χ0) is 26.1. The highest BCUT2D eigenvalue weighted by Gasteiger charge is 2.18. The largest absolute Gasteiger partial charge is 0.444 e. The van der Waals surface area contributed by atoms with Crippen molar-refractivity contribution in [2.24, 2.45) is 5.92 Å². The summed E-state index contributed by atoms with van der Waals surface area (Å²) in [5, 5.41) is 5.53. The number of hydrogen-bond donors (Lipinski definition) is 2. The van der Waals surface area contributed by atoms with Crippen LogP contribution in [-0.2, 0) is 20.8 Å². The molecule has 0 bridgehead atoms. The summed E-state index contributed by atoms with van der Waals surface area (Å²) in [4.78, 5) is 38.3. The number of alkyl carbamates (subject to hydrolysis) is 1. The van der Waals surface area contributed by atoms with Crippen LogP contribution in [0.2, 0.25) is 0 Å². The molecule has 194 valence electrons. The predicted molar refractivity (Wildman–Crippen MR) is 138 cm³/mol. The summed E-state index contributed by atoms with van der Waals surface area (Å²) in [5.74, 6) is 0.187. The standard InChI is InChI=1S/C28H37N3O5/c1-28(2,3)36-27(34)30-18-25(32)31(4)19-21-6-5-7-24(16-21)22-8-10-23(11-9-22)26(33)29-17-20-12-14-35-15-13-20/h5-11,16,20H,12-15,17-19H2,1-4H3,(H,29,33)(H,30,34). The van der Waals surface area contributed by atoms with Crippen LogP contribution in [-0.4, -0.2) is 61.8 Å². The SMILES string of the molecule is CN(Cc1cccc(-c2ccc(C(=O)NCC3CCOCC3)cc2)c1)C(=O)CNC(=O)OC(C)(C)C. The summed E-state index contributed by atoms with van der Waals surface area (Å²) in [7, 11) is 1.69. The predicted octanol–water partition coefficient (Wildman–Crippen LogP) is 3.99. The first-order valence-electron chi connectivity index (χ1n) is 12.4. The number of carbonyl (C=O) groups excluding carboxylic acids is 3. The molecule has 1 aliphatic heterocycles. The molecule has 36 heavy (non-hydrogen) atoms. The van der Waals surface area contributed by atoms with Gasteiger partial charge < -0.3 is 25.0 Å². The average molecular weight is 496 g/mol. The van der Waals surface area contributed by atoms with E-state index in [0.717, 1.165) is 42.7 Å². The van der Waals surface area contributed by atoms with Gasteiger partial charge in [-0.2, -0.15) is 0 Å². The summed E-state index contributed by atoms with van der Waals surface area (Å²) < 4.78 is 10.5. The molecule has 0 spiro atoms. The van der Waals surface area contributed by atoms with E-state index in [4.69, 9.17) is 9.47 Å². The molecule has 1 heterocycles. The summed E-state index contributed by atoms with van der Waals surface area (Å²) >= 11 is 0. The van der Waals surface area contributed by atoms with Crippen LogP contribution in [0.5, 0.6) is 0 Å². The van der Waals surface area contributed by atoms with E-state index in [1.165, 1.54) is 0 Å². The highest BCUT2D eigenvalue weighted by molar-refractivity contribution is 5.94. The Hall–Kier alpha value is -3.39. The summed E-state index contributed by atoms with van der Waals surface area (Å²) in [6.07, 6.45) is 1.35. The maximum Gasteiger partial charge on any atom is 0.408 e. The van der Waals surface area contributed by atoms with Gasteiger partial charge in [0.25, 0.3) is 5.91 Å². The molecule has 3 amide bonds. The van der Waals surface area contributed by atoms with Crippen molar-refractivity contribution in [1.29, 1.82) is 0 Å². The number of likely N-dealkylation sites (N-methyl/N-ethyl adjacent to an activating group) is 1. The highest BCUT2D eigenvalue weighted by Crippen LogP contribution is 2.22. The first-order chi connectivity index (χ1) is 17.1. The number of benzene rings is 2. The molecular formula is C28H37N3O5. The van der Waals surface area contributed by atoms with Gasteiger partial charge in [0.2, 0.25) is 5.91 Å². The minimum Gasteiger partial charge on any atom is -0.444 e. The lowest BCUT2D eigenvalue weighted by molar-refractivity contribution is -0.129. The van der Waals surface area contributed by atoms with Gasteiger partial charge in [-0.3, -0.25) is 9.59 Å². The molecule has 8 nitrogen and oxygen atoms in total. The Kier molecular flexibility index (Phi) is 9.47. The number of carbonyl (C=O) groups is 3. The minimum atomic E-state index is -0.619. The van der Waals surface area contributed by atoms with Gasteiger partial charge in [0.05, 0.1) is 0 Å². The van der Waals surface area contributed by atoms with Gasteiger partial charge in [-0.15, -0.1) is 0 Å². The van der Waals surface area contributed by atoms with Crippen LogP contribution in [0.25, 0.3) is 11.1 Å². The third-order valence-corrected chi connectivity index (χ3v) is 5.93. The normalized spacial score (nSPS) is 14.1. The van der Waals surface area contributed by atoms with E-state index in [0.29, 0.717) is 24.6 Å². The van der Waals surface area contributed by atoms with E-state index in [1.807, 2.05) is 48.5 Å². The number of nitrogens with zero attached hydrogens (tertiary/aromatic N) is 1. The van der Waals surface area contributed by atoms with Gasteiger partial charge in [0.1, 0.15) is 12.1 Å². The lowest BCUT2D eigenvalue weighted by Crippen LogP contribution is -2.40. The van der Waals surface area contributed by atoms with Crippen LogP contribution >= 0.6 is 0 Å².